The summed E-state index contributed by atoms with van der Waals surface area (Å²) in [6.07, 6.45) is 1.80. The van der Waals surface area contributed by atoms with Crippen LogP contribution in [-0.4, -0.2) is 35.6 Å². The molecule has 5 nitrogen and oxygen atoms in total. The van der Waals surface area contributed by atoms with Crippen molar-refractivity contribution in [2.75, 3.05) is 19.0 Å². The van der Waals surface area contributed by atoms with E-state index in [1.54, 1.807) is 30.2 Å². The molecule has 1 atom stereocenters. The Hall–Kier alpha value is -2.44. The first-order chi connectivity index (χ1) is 13.5. The topological polar surface area (TPSA) is 58.6 Å². The number of amides is 2. The Morgan fingerprint density at radius 2 is 2.07 bits per heavy atom. The van der Waals surface area contributed by atoms with Crippen LogP contribution in [0.1, 0.15) is 12.0 Å². The van der Waals surface area contributed by atoms with E-state index < -0.39 is 5.25 Å². The SMILES string of the molecule is C=CCN(Cc1ccc(OC)cc1)C(=O)CC1Sc2ccc(Cl)cc2NC1=O. The van der Waals surface area contributed by atoms with E-state index in [1.807, 2.05) is 30.3 Å². The summed E-state index contributed by atoms with van der Waals surface area (Å²) in [4.78, 5) is 27.9. The molecule has 1 heterocycles. The van der Waals surface area contributed by atoms with Gasteiger partial charge in [0.2, 0.25) is 11.8 Å². The lowest BCUT2D eigenvalue weighted by molar-refractivity contribution is -0.132. The van der Waals surface area contributed by atoms with Gasteiger partial charge in [-0.2, -0.15) is 0 Å². The summed E-state index contributed by atoms with van der Waals surface area (Å²) in [5, 5.41) is 2.92. The predicted molar refractivity (Wildman–Crippen MR) is 113 cm³/mol. The van der Waals surface area contributed by atoms with Crippen LogP contribution in [0.15, 0.2) is 60.0 Å². The smallest absolute Gasteiger partial charge is 0.238 e. The summed E-state index contributed by atoms with van der Waals surface area (Å²) in [6.45, 7) is 4.60. The molecule has 146 valence electrons. The molecule has 0 aromatic heterocycles. The fourth-order valence-corrected chi connectivity index (χ4v) is 4.16. The molecule has 1 aliphatic heterocycles. The van der Waals surface area contributed by atoms with Gasteiger partial charge in [-0.1, -0.05) is 29.8 Å². The third kappa shape index (κ3) is 4.88. The lowest BCUT2D eigenvalue weighted by Crippen LogP contribution is -2.37. The van der Waals surface area contributed by atoms with E-state index in [1.165, 1.54) is 11.8 Å². The van der Waals surface area contributed by atoms with Crippen LogP contribution in [0.3, 0.4) is 0 Å². The molecule has 2 aromatic rings. The molecule has 0 aliphatic carbocycles. The highest BCUT2D eigenvalue weighted by Gasteiger charge is 2.30. The van der Waals surface area contributed by atoms with Gasteiger partial charge in [0.1, 0.15) is 5.75 Å². The number of hydrogen-bond acceptors (Lipinski definition) is 4. The fraction of sp³-hybridized carbons (Fsp3) is 0.238. The number of hydrogen-bond donors (Lipinski definition) is 1. The Balaban J connectivity index is 1.68. The monoisotopic (exact) mass is 416 g/mol. The molecule has 0 spiro atoms. The van der Waals surface area contributed by atoms with Crippen LogP contribution in [0.5, 0.6) is 5.75 Å². The van der Waals surface area contributed by atoms with Crippen LogP contribution < -0.4 is 10.1 Å². The van der Waals surface area contributed by atoms with Gasteiger partial charge < -0.3 is 15.0 Å². The second-order valence-electron chi connectivity index (χ2n) is 6.35. The third-order valence-corrected chi connectivity index (χ3v) is 5.87. The fourth-order valence-electron chi connectivity index (χ4n) is 2.91. The number of carbonyl (C=O) groups excluding carboxylic acids is 2. The summed E-state index contributed by atoms with van der Waals surface area (Å²) >= 11 is 7.37. The second kappa shape index (κ2) is 9.17. The van der Waals surface area contributed by atoms with Crippen molar-refractivity contribution in [2.45, 2.75) is 23.1 Å². The van der Waals surface area contributed by atoms with Gasteiger partial charge in [0, 0.05) is 29.4 Å². The maximum atomic E-state index is 12.9. The van der Waals surface area contributed by atoms with Gasteiger partial charge >= 0.3 is 0 Å². The van der Waals surface area contributed by atoms with E-state index in [4.69, 9.17) is 16.3 Å². The van der Waals surface area contributed by atoms with E-state index in [-0.39, 0.29) is 18.2 Å². The maximum absolute atomic E-state index is 12.9. The number of halogens is 1. The molecule has 0 radical (unpaired) electrons. The van der Waals surface area contributed by atoms with Crippen LogP contribution in [-0.2, 0) is 16.1 Å². The van der Waals surface area contributed by atoms with Crippen LogP contribution >= 0.6 is 23.4 Å². The zero-order valence-corrected chi connectivity index (χ0v) is 17.1. The van der Waals surface area contributed by atoms with Gasteiger partial charge in [-0.25, -0.2) is 0 Å². The van der Waals surface area contributed by atoms with Crippen molar-refractivity contribution < 1.29 is 14.3 Å². The largest absolute Gasteiger partial charge is 0.497 e. The normalized spacial score (nSPS) is 15.4. The van der Waals surface area contributed by atoms with E-state index >= 15 is 0 Å². The summed E-state index contributed by atoms with van der Waals surface area (Å²) in [6, 6.07) is 12.9. The molecule has 0 bridgehead atoms. The van der Waals surface area contributed by atoms with Crippen LogP contribution in [0.2, 0.25) is 5.02 Å². The van der Waals surface area contributed by atoms with Crippen LogP contribution in [0, 0.1) is 0 Å². The van der Waals surface area contributed by atoms with Gasteiger partial charge in [-0.3, -0.25) is 9.59 Å². The molecular weight excluding hydrogens is 396 g/mol. The molecule has 7 heteroatoms. The van der Waals surface area contributed by atoms with Gasteiger partial charge in [0.05, 0.1) is 18.0 Å². The van der Waals surface area contributed by atoms with Crippen molar-refractivity contribution in [3.05, 3.63) is 65.7 Å². The number of fused-ring (bicyclic) bond motifs is 1. The Bertz CT molecular complexity index is 886. The quantitative estimate of drug-likeness (QED) is 0.681. The first kappa shape index (κ1) is 20.3. The van der Waals surface area contributed by atoms with Gasteiger partial charge in [-0.05, 0) is 35.9 Å². The molecule has 2 aromatic carbocycles. The van der Waals surface area contributed by atoms with E-state index in [0.717, 1.165) is 16.2 Å². The van der Waals surface area contributed by atoms with Crippen LogP contribution in [0.25, 0.3) is 0 Å². The highest BCUT2D eigenvalue weighted by molar-refractivity contribution is 8.01. The molecule has 1 aliphatic rings. The van der Waals surface area contributed by atoms with Crippen molar-refractivity contribution >= 4 is 40.9 Å². The predicted octanol–water partition coefficient (Wildman–Crippen LogP) is 4.37. The lowest BCUT2D eigenvalue weighted by atomic mass is 10.1. The Labute approximate surface area is 173 Å². The van der Waals surface area contributed by atoms with Gasteiger partial charge in [-0.15, -0.1) is 18.3 Å². The number of thioether (sulfide) groups is 1. The number of methoxy groups -OCH3 is 1. The third-order valence-electron chi connectivity index (χ3n) is 4.36. The summed E-state index contributed by atoms with van der Waals surface area (Å²) in [5.41, 5.74) is 1.67. The molecule has 0 fully saturated rings. The first-order valence-corrected chi connectivity index (χ1v) is 10.0. The number of nitrogens with one attached hydrogen (secondary N) is 1. The van der Waals surface area contributed by atoms with Crippen molar-refractivity contribution in [2.24, 2.45) is 0 Å². The summed E-state index contributed by atoms with van der Waals surface area (Å²) in [5.74, 6) is 0.483. The second-order valence-corrected chi connectivity index (χ2v) is 8.03. The zero-order chi connectivity index (χ0) is 20.1. The molecule has 2 amide bonds. The number of ether oxygens (including phenoxy) is 1. The Kier molecular flexibility index (Phi) is 6.65. The lowest BCUT2D eigenvalue weighted by Gasteiger charge is -2.27. The molecule has 0 saturated carbocycles. The highest BCUT2D eigenvalue weighted by Crippen LogP contribution is 2.38. The average Bonchev–Trinajstić information content (AvgIpc) is 2.69. The average molecular weight is 417 g/mol. The van der Waals surface area contributed by atoms with Crippen molar-refractivity contribution in [3.8, 4) is 5.75 Å². The van der Waals surface area contributed by atoms with Gasteiger partial charge in [0.25, 0.3) is 0 Å². The number of anilines is 1. The van der Waals surface area contributed by atoms with E-state index in [9.17, 15) is 9.59 Å². The number of nitrogens with zero attached hydrogens (tertiary/aromatic N) is 1. The van der Waals surface area contributed by atoms with Crippen molar-refractivity contribution in [1.82, 2.24) is 4.90 Å². The van der Waals surface area contributed by atoms with Crippen molar-refractivity contribution in [3.63, 3.8) is 0 Å². The first-order valence-electron chi connectivity index (χ1n) is 8.79. The summed E-state index contributed by atoms with van der Waals surface area (Å²) < 4.78 is 5.17. The Morgan fingerprint density at radius 1 is 1.32 bits per heavy atom. The minimum Gasteiger partial charge on any atom is -0.497 e. The number of rotatable bonds is 7. The molecule has 28 heavy (non-hydrogen) atoms. The molecular formula is C21H21ClN2O3S. The zero-order valence-electron chi connectivity index (χ0n) is 15.5. The van der Waals surface area contributed by atoms with Gasteiger partial charge in [0.15, 0.2) is 0 Å². The molecule has 3 rings (SSSR count). The molecule has 1 unspecified atom stereocenters. The maximum Gasteiger partial charge on any atom is 0.238 e. The Morgan fingerprint density at radius 3 is 2.75 bits per heavy atom. The standard InChI is InChI=1S/C21H21ClN2O3S/c1-3-10-24(13-14-4-7-16(27-2)8-5-14)20(25)12-19-21(26)23-17-11-15(22)6-9-18(17)28-19/h3-9,11,19H,1,10,12-13H2,2H3,(H,23,26). The highest BCUT2D eigenvalue weighted by atomic mass is 35.5. The molecule has 0 saturated heterocycles. The van der Waals surface area contributed by atoms with E-state index in [0.29, 0.717) is 23.8 Å². The van der Waals surface area contributed by atoms with Crippen LogP contribution in [0.4, 0.5) is 5.69 Å². The molecule has 1 N–H and O–H groups in total. The minimum absolute atomic E-state index is 0.0965. The number of carbonyl (C=O) groups is 2. The summed E-state index contributed by atoms with van der Waals surface area (Å²) in [7, 11) is 1.61. The van der Waals surface area contributed by atoms with E-state index in [2.05, 4.69) is 11.9 Å². The number of benzene rings is 2. The minimum atomic E-state index is -0.482. The van der Waals surface area contributed by atoms with Crippen molar-refractivity contribution in [1.29, 1.82) is 0 Å².